The summed E-state index contributed by atoms with van der Waals surface area (Å²) in [6.45, 7) is 2.44. The van der Waals surface area contributed by atoms with Crippen LogP contribution in [0.5, 0.6) is 5.75 Å². The minimum absolute atomic E-state index is 0.0525. The second kappa shape index (κ2) is 10.3. The fraction of sp³-hybridized carbons (Fsp3) is 0.409. The van der Waals surface area contributed by atoms with Crippen LogP contribution in [0.4, 0.5) is 9.80 Å². The Kier molecular flexibility index (Phi) is 7.50. The molecular formula is C22H25N3O5S. The molecular weight excluding hydrogens is 418 g/mol. The van der Waals surface area contributed by atoms with Crippen molar-refractivity contribution >= 4 is 28.3 Å². The molecule has 1 aliphatic heterocycles. The second-order valence-corrected chi connectivity index (χ2v) is 8.30. The van der Waals surface area contributed by atoms with Gasteiger partial charge in [-0.3, -0.25) is 4.79 Å². The summed E-state index contributed by atoms with van der Waals surface area (Å²) in [5, 5.41) is 21.8. The summed E-state index contributed by atoms with van der Waals surface area (Å²) in [7, 11) is 1.60. The number of hydrogen-bond donors (Lipinski definition) is 2. The van der Waals surface area contributed by atoms with Crippen LogP contribution >= 0.6 is 11.3 Å². The van der Waals surface area contributed by atoms with Gasteiger partial charge in [0.15, 0.2) is 0 Å². The van der Waals surface area contributed by atoms with Gasteiger partial charge in [-0.1, -0.05) is 17.7 Å². The van der Waals surface area contributed by atoms with Crippen LogP contribution in [0.25, 0.3) is 0 Å². The van der Waals surface area contributed by atoms with Crippen LogP contribution in [0.15, 0.2) is 18.2 Å². The average Bonchev–Trinajstić information content (AvgIpc) is 3.11. The van der Waals surface area contributed by atoms with E-state index in [1.807, 2.05) is 25.1 Å². The van der Waals surface area contributed by atoms with Crippen LogP contribution in [0.2, 0.25) is 0 Å². The van der Waals surface area contributed by atoms with Gasteiger partial charge in [-0.15, -0.1) is 11.3 Å². The Morgan fingerprint density at radius 3 is 2.90 bits per heavy atom. The molecule has 1 aromatic carbocycles. The van der Waals surface area contributed by atoms with Crippen molar-refractivity contribution in [3.8, 4) is 11.8 Å². The van der Waals surface area contributed by atoms with E-state index in [4.69, 9.17) is 14.6 Å². The van der Waals surface area contributed by atoms with Gasteiger partial charge in [0.1, 0.15) is 23.4 Å². The van der Waals surface area contributed by atoms with E-state index in [1.54, 1.807) is 7.11 Å². The van der Waals surface area contributed by atoms with E-state index in [0.29, 0.717) is 36.5 Å². The lowest BCUT2D eigenvalue weighted by molar-refractivity contribution is -0.116. The van der Waals surface area contributed by atoms with E-state index in [2.05, 4.69) is 11.4 Å². The van der Waals surface area contributed by atoms with Crippen LogP contribution in [0.1, 0.15) is 33.6 Å². The van der Waals surface area contributed by atoms with Gasteiger partial charge in [0.25, 0.3) is 0 Å². The number of nitrogens with one attached hydrogen (secondary N) is 1. The van der Waals surface area contributed by atoms with Crippen molar-refractivity contribution in [2.45, 2.75) is 32.7 Å². The number of aliphatic hydroxyl groups excluding tert-OH is 1. The van der Waals surface area contributed by atoms with Gasteiger partial charge in [0, 0.05) is 17.8 Å². The third-order valence-electron chi connectivity index (χ3n) is 5.05. The molecule has 0 saturated carbocycles. The lowest BCUT2D eigenvalue weighted by Gasteiger charge is -2.26. The third kappa shape index (κ3) is 5.34. The number of rotatable bonds is 7. The number of anilines is 1. The number of benzene rings is 1. The Balaban J connectivity index is 1.67. The Morgan fingerprint density at radius 1 is 1.39 bits per heavy atom. The zero-order chi connectivity index (χ0) is 22.4. The standard InChI is InChI=1S/C22H25N3O5S/c1-14-3-5-18(29-2)15(11-14)4-6-20(27)24-21-17(12-23)16-7-8-25(13-19(16)31-21)22(28)30-10-9-26/h3,5,11,26H,4,6-10,13H2,1-2H3,(H,24,27). The molecule has 0 spiro atoms. The average molecular weight is 444 g/mol. The zero-order valence-electron chi connectivity index (χ0n) is 17.6. The summed E-state index contributed by atoms with van der Waals surface area (Å²) in [6.07, 6.45) is 0.796. The van der Waals surface area contributed by atoms with Gasteiger partial charge in [-0.05, 0) is 37.0 Å². The first kappa shape index (κ1) is 22.6. The molecule has 9 heteroatoms. The number of aryl methyl sites for hydroxylation is 2. The minimum Gasteiger partial charge on any atom is -0.496 e. The van der Waals surface area contributed by atoms with Crippen molar-refractivity contribution in [1.29, 1.82) is 5.26 Å². The van der Waals surface area contributed by atoms with Gasteiger partial charge >= 0.3 is 6.09 Å². The molecule has 2 N–H and O–H groups in total. The smallest absolute Gasteiger partial charge is 0.410 e. The van der Waals surface area contributed by atoms with E-state index in [0.717, 1.165) is 27.3 Å². The number of aliphatic hydroxyl groups is 1. The van der Waals surface area contributed by atoms with Crippen LogP contribution < -0.4 is 10.1 Å². The maximum atomic E-state index is 12.6. The highest BCUT2D eigenvalue weighted by atomic mass is 32.1. The maximum Gasteiger partial charge on any atom is 0.410 e. The van der Waals surface area contributed by atoms with Crippen LogP contribution in [-0.4, -0.2) is 48.9 Å². The van der Waals surface area contributed by atoms with Crippen molar-refractivity contribution in [2.24, 2.45) is 0 Å². The number of nitriles is 1. The molecule has 0 unspecified atom stereocenters. The van der Waals surface area contributed by atoms with Crippen molar-refractivity contribution in [3.05, 3.63) is 45.3 Å². The van der Waals surface area contributed by atoms with Crippen LogP contribution in [-0.2, 0) is 28.9 Å². The Bertz CT molecular complexity index is 1010. The fourth-order valence-corrected chi connectivity index (χ4v) is 4.76. The molecule has 2 heterocycles. The van der Waals surface area contributed by atoms with E-state index < -0.39 is 6.09 Å². The monoisotopic (exact) mass is 443 g/mol. The first-order chi connectivity index (χ1) is 15.0. The van der Waals surface area contributed by atoms with Gasteiger partial charge in [0.05, 0.1) is 25.8 Å². The lowest BCUT2D eigenvalue weighted by atomic mass is 10.0. The topological polar surface area (TPSA) is 112 Å². The number of carbonyl (C=O) groups is 2. The normalized spacial score (nSPS) is 12.6. The van der Waals surface area contributed by atoms with Crippen LogP contribution in [0.3, 0.4) is 0 Å². The van der Waals surface area contributed by atoms with Crippen molar-refractivity contribution in [2.75, 3.05) is 32.2 Å². The number of amides is 2. The Morgan fingerprint density at radius 2 is 2.19 bits per heavy atom. The van der Waals surface area contributed by atoms with Crippen LogP contribution in [0, 0.1) is 18.3 Å². The first-order valence-electron chi connectivity index (χ1n) is 9.97. The molecule has 0 bridgehead atoms. The SMILES string of the molecule is COc1ccc(C)cc1CCC(=O)Nc1sc2c(c1C#N)CCN(C(=O)OCCO)C2. The molecule has 8 nitrogen and oxygen atoms in total. The summed E-state index contributed by atoms with van der Waals surface area (Å²) in [5.74, 6) is 0.564. The van der Waals surface area contributed by atoms with E-state index in [9.17, 15) is 14.9 Å². The number of ether oxygens (including phenoxy) is 2. The number of nitrogens with zero attached hydrogens (tertiary/aromatic N) is 2. The quantitative estimate of drug-likeness (QED) is 0.680. The van der Waals surface area contributed by atoms with Crippen molar-refractivity contribution in [3.63, 3.8) is 0 Å². The molecule has 3 rings (SSSR count). The highest BCUT2D eigenvalue weighted by molar-refractivity contribution is 7.16. The molecule has 164 valence electrons. The Hall–Kier alpha value is -3.09. The van der Waals surface area contributed by atoms with E-state index in [1.165, 1.54) is 16.2 Å². The Labute approximate surface area is 185 Å². The molecule has 2 aromatic rings. The number of fused-ring (bicyclic) bond motifs is 1. The summed E-state index contributed by atoms with van der Waals surface area (Å²) in [6, 6.07) is 8.04. The molecule has 0 fully saturated rings. The second-order valence-electron chi connectivity index (χ2n) is 7.19. The minimum atomic E-state index is -0.496. The van der Waals surface area contributed by atoms with Gasteiger partial charge in [0.2, 0.25) is 5.91 Å². The summed E-state index contributed by atoms with van der Waals surface area (Å²) in [5.41, 5.74) is 3.39. The predicted molar refractivity (Wildman–Crippen MR) is 116 cm³/mol. The summed E-state index contributed by atoms with van der Waals surface area (Å²) < 4.78 is 10.3. The molecule has 1 aromatic heterocycles. The molecule has 31 heavy (non-hydrogen) atoms. The van der Waals surface area contributed by atoms with Gasteiger partial charge < -0.3 is 24.8 Å². The number of thiophene rings is 1. The summed E-state index contributed by atoms with van der Waals surface area (Å²) in [4.78, 5) is 27.0. The van der Waals surface area contributed by atoms with Gasteiger partial charge in [-0.2, -0.15) is 5.26 Å². The molecule has 1 aliphatic rings. The molecule has 0 atom stereocenters. The summed E-state index contributed by atoms with van der Waals surface area (Å²) >= 11 is 1.31. The predicted octanol–water partition coefficient (Wildman–Crippen LogP) is 3.00. The highest BCUT2D eigenvalue weighted by Gasteiger charge is 2.28. The molecule has 0 saturated heterocycles. The largest absolute Gasteiger partial charge is 0.496 e. The lowest BCUT2D eigenvalue weighted by Crippen LogP contribution is -2.36. The molecule has 2 amide bonds. The van der Waals surface area contributed by atoms with E-state index in [-0.39, 0.29) is 25.5 Å². The molecule has 0 aliphatic carbocycles. The third-order valence-corrected chi connectivity index (χ3v) is 6.19. The maximum absolute atomic E-state index is 12.6. The first-order valence-corrected chi connectivity index (χ1v) is 10.8. The number of methoxy groups -OCH3 is 1. The molecule has 0 radical (unpaired) electrons. The van der Waals surface area contributed by atoms with E-state index >= 15 is 0 Å². The zero-order valence-corrected chi connectivity index (χ0v) is 18.4. The fourth-order valence-electron chi connectivity index (χ4n) is 3.53. The number of hydrogen-bond acceptors (Lipinski definition) is 7. The van der Waals surface area contributed by atoms with Crippen molar-refractivity contribution < 1.29 is 24.2 Å². The van der Waals surface area contributed by atoms with Gasteiger partial charge in [-0.25, -0.2) is 4.79 Å². The number of carbonyl (C=O) groups excluding carboxylic acids is 2. The van der Waals surface area contributed by atoms with Crippen molar-refractivity contribution in [1.82, 2.24) is 4.90 Å². The highest BCUT2D eigenvalue weighted by Crippen LogP contribution is 2.37.